The van der Waals surface area contributed by atoms with Crippen molar-refractivity contribution in [3.8, 4) is 5.75 Å². The molecule has 0 amide bonds. The van der Waals surface area contributed by atoms with E-state index in [1.165, 1.54) is 39.8 Å². The average molecular weight is 310 g/mol. The molecule has 1 aliphatic heterocycles. The highest BCUT2D eigenvalue weighted by Gasteiger charge is 2.32. The van der Waals surface area contributed by atoms with Crippen LogP contribution < -0.4 is 10.1 Å². The molecule has 0 saturated heterocycles. The number of hydrogen-bond acceptors (Lipinski definition) is 2. The highest BCUT2D eigenvalue weighted by molar-refractivity contribution is 9.10. The van der Waals surface area contributed by atoms with Crippen molar-refractivity contribution in [1.29, 1.82) is 0 Å². The first-order valence-corrected chi connectivity index (χ1v) is 7.73. The Hall–Kier alpha value is -0.540. The van der Waals surface area contributed by atoms with E-state index in [0.717, 1.165) is 19.6 Å². The van der Waals surface area contributed by atoms with Gasteiger partial charge in [-0.1, -0.05) is 29.8 Å². The number of nitrogens with one attached hydrogen (secondary N) is 1. The third-order valence-corrected chi connectivity index (χ3v) is 4.84. The van der Waals surface area contributed by atoms with E-state index in [2.05, 4.69) is 41.2 Å². The summed E-state index contributed by atoms with van der Waals surface area (Å²) in [6.07, 6.45) is 3.52. The molecule has 98 valence electrons. The maximum atomic E-state index is 5.90. The molecule has 2 atom stereocenters. The van der Waals surface area contributed by atoms with Crippen LogP contribution in [0.5, 0.6) is 5.75 Å². The van der Waals surface area contributed by atoms with Crippen LogP contribution in [-0.4, -0.2) is 13.2 Å². The predicted octanol–water partition coefficient (Wildman–Crippen LogP) is 3.93. The number of hydrogen-bond donors (Lipinski definition) is 1. The standard InChI is InChI=1S/C15H20BrNO/c1-3-17-12-5-4-9(2)13-14(12)11(16)8-10-6-7-18-15(10)13/h8-9,12,17H,3-7H2,1-2H3. The van der Waals surface area contributed by atoms with E-state index in [9.17, 15) is 0 Å². The molecule has 2 nitrogen and oxygen atoms in total. The summed E-state index contributed by atoms with van der Waals surface area (Å²) in [6, 6.07) is 2.74. The van der Waals surface area contributed by atoms with Gasteiger partial charge >= 0.3 is 0 Å². The summed E-state index contributed by atoms with van der Waals surface area (Å²) in [5, 5.41) is 3.61. The molecular formula is C15H20BrNO. The van der Waals surface area contributed by atoms with Crippen LogP contribution in [0.1, 0.15) is 55.3 Å². The van der Waals surface area contributed by atoms with E-state index < -0.39 is 0 Å². The smallest absolute Gasteiger partial charge is 0.126 e. The van der Waals surface area contributed by atoms with Gasteiger partial charge in [0.1, 0.15) is 5.75 Å². The van der Waals surface area contributed by atoms with Crippen LogP contribution in [0.2, 0.25) is 0 Å². The van der Waals surface area contributed by atoms with Crippen LogP contribution in [0.4, 0.5) is 0 Å². The third-order valence-electron chi connectivity index (χ3n) is 4.18. The molecular weight excluding hydrogens is 290 g/mol. The van der Waals surface area contributed by atoms with Crippen molar-refractivity contribution in [2.24, 2.45) is 0 Å². The Morgan fingerprint density at radius 1 is 1.39 bits per heavy atom. The molecule has 0 aromatic heterocycles. The molecule has 1 aromatic carbocycles. The zero-order valence-corrected chi connectivity index (χ0v) is 12.6. The van der Waals surface area contributed by atoms with Crippen LogP contribution in [0.25, 0.3) is 0 Å². The van der Waals surface area contributed by atoms with E-state index in [1.807, 2.05) is 0 Å². The van der Waals surface area contributed by atoms with E-state index >= 15 is 0 Å². The second-order valence-electron chi connectivity index (χ2n) is 5.36. The summed E-state index contributed by atoms with van der Waals surface area (Å²) < 4.78 is 7.16. The second kappa shape index (κ2) is 4.86. The molecule has 2 aliphatic rings. The molecule has 3 heteroatoms. The van der Waals surface area contributed by atoms with Gasteiger partial charge in [0.15, 0.2) is 0 Å². The molecule has 0 spiro atoms. The molecule has 1 aliphatic carbocycles. The van der Waals surface area contributed by atoms with E-state index in [-0.39, 0.29) is 0 Å². The van der Waals surface area contributed by atoms with E-state index in [4.69, 9.17) is 4.74 Å². The number of ether oxygens (including phenoxy) is 1. The molecule has 1 N–H and O–H groups in total. The van der Waals surface area contributed by atoms with Gasteiger partial charge in [-0.25, -0.2) is 0 Å². The monoisotopic (exact) mass is 309 g/mol. The minimum absolute atomic E-state index is 0.477. The normalized spacial score (nSPS) is 25.5. The van der Waals surface area contributed by atoms with Crippen molar-refractivity contribution in [3.63, 3.8) is 0 Å². The van der Waals surface area contributed by atoms with Gasteiger partial charge in [-0.3, -0.25) is 0 Å². The van der Waals surface area contributed by atoms with Gasteiger partial charge in [0.05, 0.1) is 6.61 Å². The van der Waals surface area contributed by atoms with Gasteiger partial charge < -0.3 is 10.1 Å². The average Bonchev–Trinajstić information content (AvgIpc) is 2.80. The molecule has 0 radical (unpaired) electrons. The summed E-state index contributed by atoms with van der Waals surface area (Å²) in [4.78, 5) is 0. The first-order valence-electron chi connectivity index (χ1n) is 6.93. The number of halogens is 1. The lowest BCUT2D eigenvalue weighted by atomic mass is 9.79. The van der Waals surface area contributed by atoms with Crippen LogP contribution in [0.3, 0.4) is 0 Å². The largest absolute Gasteiger partial charge is 0.493 e. The van der Waals surface area contributed by atoms with Crippen molar-refractivity contribution in [2.45, 2.75) is 45.1 Å². The summed E-state index contributed by atoms with van der Waals surface area (Å²) in [6.45, 7) is 6.37. The quantitative estimate of drug-likeness (QED) is 0.893. The van der Waals surface area contributed by atoms with Crippen molar-refractivity contribution in [3.05, 3.63) is 27.2 Å². The SMILES string of the molecule is CCNC1CCC(C)c2c3c(cc(Br)c21)CCO3. The first kappa shape index (κ1) is 12.5. The van der Waals surface area contributed by atoms with Crippen LogP contribution >= 0.6 is 15.9 Å². The predicted molar refractivity (Wildman–Crippen MR) is 77.4 cm³/mol. The number of fused-ring (bicyclic) bond motifs is 3. The van der Waals surface area contributed by atoms with Crippen molar-refractivity contribution >= 4 is 15.9 Å². The Morgan fingerprint density at radius 3 is 3.00 bits per heavy atom. The lowest BCUT2D eigenvalue weighted by molar-refractivity contribution is 0.343. The van der Waals surface area contributed by atoms with Crippen LogP contribution in [-0.2, 0) is 6.42 Å². The van der Waals surface area contributed by atoms with E-state index in [1.54, 1.807) is 0 Å². The van der Waals surface area contributed by atoms with Gasteiger partial charge in [-0.05, 0) is 42.5 Å². The maximum Gasteiger partial charge on any atom is 0.126 e. The summed E-state index contributed by atoms with van der Waals surface area (Å²) in [5.41, 5.74) is 4.27. The molecule has 2 unspecified atom stereocenters. The lowest BCUT2D eigenvalue weighted by Crippen LogP contribution is -2.26. The third kappa shape index (κ3) is 1.88. The van der Waals surface area contributed by atoms with Gasteiger partial charge in [-0.2, -0.15) is 0 Å². The molecule has 0 fully saturated rings. The Morgan fingerprint density at radius 2 is 2.22 bits per heavy atom. The Kier molecular flexibility index (Phi) is 3.37. The van der Waals surface area contributed by atoms with Gasteiger partial charge in [0.25, 0.3) is 0 Å². The van der Waals surface area contributed by atoms with Gasteiger partial charge in [0.2, 0.25) is 0 Å². The minimum Gasteiger partial charge on any atom is -0.493 e. The summed E-state index contributed by atoms with van der Waals surface area (Å²) in [5.74, 6) is 1.79. The van der Waals surface area contributed by atoms with Crippen LogP contribution in [0, 0.1) is 0 Å². The molecule has 18 heavy (non-hydrogen) atoms. The molecule has 1 heterocycles. The number of rotatable bonds is 2. The Labute approximate surface area is 117 Å². The van der Waals surface area contributed by atoms with Crippen LogP contribution in [0.15, 0.2) is 10.5 Å². The fraction of sp³-hybridized carbons (Fsp3) is 0.600. The summed E-state index contributed by atoms with van der Waals surface area (Å²) in [7, 11) is 0. The van der Waals surface area contributed by atoms with Crippen molar-refractivity contribution in [2.75, 3.05) is 13.2 Å². The molecule has 0 bridgehead atoms. The first-order chi connectivity index (χ1) is 8.72. The number of benzene rings is 1. The van der Waals surface area contributed by atoms with Gasteiger partial charge in [-0.15, -0.1) is 0 Å². The van der Waals surface area contributed by atoms with Crippen molar-refractivity contribution < 1.29 is 4.74 Å². The molecule has 1 aromatic rings. The minimum atomic E-state index is 0.477. The Balaban J connectivity index is 2.15. The van der Waals surface area contributed by atoms with E-state index in [0.29, 0.717) is 12.0 Å². The fourth-order valence-electron chi connectivity index (χ4n) is 3.34. The zero-order valence-electron chi connectivity index (χ0n) is 11.1. The second-order valence-corrected chi connectivity index (χ2v) is 6.22. The zero-order chi connectivity index (χ0) is 12.7. The Bertz CT molecular complexity index is 472. The molecule has 3 rings (SSSR count). The van der Waals surface area contributed by atoms with Gasteiger partial charge in [0, 0.05) is 22.5 Å². The topological polar surface area (TPSA) is 21.3 Å². The summed E-state index contributed by atoms with van der Waals surface area (Å²) >= 11 is 3.78. The molecule has 0 saturated carbocycles. The lowest BCUT2D eigenvalue weighted by Gasteiger charge is -2.32. The maximum absolute atomic E-state index is 5.90. The highest BCUT2D eigenvalue weighted by atomic mass is 79.9. The van der Waals surface area contributed by atoms with Crippen molar-refractivity contribution in [1.82, 2.24) is 5.32 Å². The fourth-order valence-corrected chi connectivity index (χ4v) is 4.10. The highest BCUT2D eigenvalue weighted by Crippen LogP contribution is 2.48.